The Morgan fingerprint density at radius 1 is 1.69 bits per heavy atom. The summed E-state index contributed by atoms with van der Waals surface area (Å²) in [4.78, 5) is 11.2. The van der Waals surface area contributed by atoms with E-state index in [2.05, 4.69) is 11.2 Å². The van der Waals surface area contributed by atoms with Gasteiger partial charge in [0.05, 0.1) is 6.04 Å². The third kappa shape index (κ3) is 6.18. The fourth-order valence-electron chi connectivity index (χ4n) is 1.05. The first-order chi connectivity index (χ1) is 6.10. The van der Waals surface area contributed by atoms with Crippen molar-refractivity contribution in [2.24, 2.45) is 5.73 Å². The summed E-state index contributed by atoms with van der Waals surface area (Å²) in [6.45, 7) is 3.81. The molecule has 0 aliphatic rings. The van der Waals surface area contributed by atoms with Crippen molar-refractivity contribution in [3.8, 4) is 12.3 Å². The SMILES string of the molecule is C#CC(C)NC(=O)CC(N)CCC. The van der Waals surface area contributed by atoms with E-state index in [0.29, 0.717) is 6.42 Å². The molecule has 0 radical (unpaired) electrons. The number of carbonyl (C=O) groups is 1. The molecule has 2 atom stereocenters. The number of hydrogen-bond donors (Lipinski definition) is 2. The second kappa shape index (κ2) is 6.50. The van der Waals surface area contributed by atoms with Crippen molar-refractivity contribution in [1.29, 1.82) is 0 Å². The van der Waals surface area contributed by atoms with Crippen LogP contribution in [0.5, 0.6) is 0 Å². The zero-order valence-corrected chi connectivity index (χ0v) is 8.34. The monoisotopic (exact) mass is 182 g/mol. The Bertz CT molecular complexity index is 196. The fourth-order valence-corrected chi connectivity index (χ4v) is 1.05. The van der Waals surface area contributed by atoms with E-state index in [0.717, 1.165) is 12.8 Å². The Morgan fingerprint density at radius 2 is 2.31 bits per heavy atom. The van der Waals surface area contributed by atoms with Crippen LogP contribution in [0.4, 0.5) is 0 Å². The molecule has 3 nitrogen and oxygen atoms in total. The molecule has 1 amide bonds. The molecular formula is C10H18N2O. The molecule has 3 heteroatoms. The van der Waals surface area contributed by atoms with E-state index in [1.807, 2.05) is 6.92 Å². The standard InChI is InChI=1S/C10H18N2O/c1-4-6-9(11)7-10(13)12-8(3)5-2/h2,8-9H,4,6-7,11H2,1,3H3,(H,12,13). The number of hydrogen-bond acceptors (Lipinski definition) is 2. The third-order valence-corrected chi connectivity index (χ3v) is 1.73. The molecule has 0 fully saturated rings. The lowest BCUT2D eigenvalue weighted by Gasteiger charge is -2.11. The topological polar surface area (TPSA) is 55.1 Å². The van der Waals surface area contributed by atoms with Gasteiger partial charge in [-0.2, -0.15) is 0 Å². The lowest BCUT2D eigenvalue weighted by atomic mass is 10.1. The Kier molecular flexibility index (Phi) is 5.99. The van der Waals surface area contributed by atoms with Crippen LogP contribution >= 0.6 is 0 Å². The van der Waals surface area contributed by atoms with Crippen LogP contribution in [0.15, 0.2) is 0 Å². The molecule has 2 unspecified atom stereocenters. The van der Waals surface area contributed by atoms with Gasteiger partial charge in [0.2, 0.25) is 5.91 Å². The van der Waals surface area contributed by atoms with Crippen molar-refractivity contribution in [1.82, 2.24) is 5.32 Å². The van der Waals surface area contributed by atoms with Gasteiger partial charge in [0, 0.05) is 12.5 Å². The summed E-state index contributed by atoms with van der Waals surface area (Å²) >= 11 is 0. The number of amides is 1. The predicted molar refractivity (Wildman–Crippen MR) is 53.9 cm³/mol. The highest BCUT2D eigenvalue weighted by Gasteiger charge is 2.09. The molecule has 0 aromatic heterocycles. The van der Waals surface area contributed by atoms with E-state index in [4.69, 9.17) is 12.2 Å². The van der Waals surface area contributed by atoms with Gasteiger partial charge >= 0.3 is 0 Å². The fraction of sp³-hybridized carbons (Fsp3) is 0.700. The third-order valence-electron chi connectivity index (χ3n) is 1.73. The first-order valence-corrected chi connectivity index (χ1v) is 4.61. The quantitative estimate of drug-likeness (QED) is 0.613. The van der Waals surface area contributed by atoms with E-state index in [-0.39, 0.29) is 18.0 Å². The molecule has 0 aliphatic carbocycles. The summed E-state index contributed by atoms with van der Waals surface area (Å²) in [6, 6.07) is -0.253. The lowest BCUT2D eigenvalue weighted by Crippen LogP contribution is -2.36. The first kappa shape index (κ1) is 12.0. The number of carbonyl (C=O) groups excluding carboxylic acids is 1. The zero-order valence-electron chi connectivity index (χ0n) is 8.34. The first-order valence-electron chi connectivity index (χ1n) is 4.61. The molecule has 13 heavy (non-hydrogen) atoms. The summed E-state index contributed by atoms with van der Waals surface area (Å²) in [6.07, 6.45) is 7.35. The van der Waals surface area contributed by atoms with E-state index < -0.39 is 0 Å². The van der Waals surface area contributed by atoms with Gasteiger partial charge in [0.1, 0.15) is 0 Å². The molecule has 0 aliphatic heterocycles. The van der Waals surface area contributed by atoms with Gasteiger partial charge in [-0.25, -0.2) is 0 Å². The smallest absolute Gasteiger partial charge is 0.222 e. The second-order valence-electron chi connectivity index (χ2n) is 3.21. The molecule has 0 aromatic carbocycles. The molecule has 0 saturated heterocycles. The van der Waals surface area contributed by atoms with Crippen LogP contribution < -0.4 is 11.1 Å². The average molecular weight is 182 g/mol. The van der Waals surface area contributed by atoms with Crippen LogP contribution in [0.25, 0.3) is 0 Å². The summed E-state index contributed by atoms with van der Waals surface area (Å²) in [5, 5.41) is 2.66. The number of rotatable bonds is 5. The number of nitrogens with one attached hydrogen (secondary N) is 1. The van der Waals surface area contributed by atoms with Crippen molar-refractivity contribution in [3.63, 3.8) is 0 Å². The second-order valence-corrected chi connectivity index (χ2v) is 3.21. The number of nitrogens with two attached hydrogens (primary N) is 1. The van der Waals surface area contributed by atoms with Crippen LogP contribution in [-0.4, -0.2) is 18.0 Å². The average Bonchev–Trinajstić information content (AvgIpc) is 2.04. The van der Waals surface area contributed by atoms with Crippen molar-refractivity contribution >= 4 is 5.91 Å². The van der Waals surface area contributed by atoms with Gasteiger partial charge in [-0.3, -0.25) is 4.79 Å². The summed E-state index contributed by atoms with van der Waals surface area (Å²) in [5.41, 5.74) is 5.69. The van der Waals surface area contributed by atoms with Gasteiger partial charge in [-0.05, 0) is 13.3 Å². The highest BCUT2D eigenvalue weighted by atomic mass is 16.1. The lowest BCUT2D eigenvalue weighted by molar-refractivity contribution is -0.121. The van der Waals surface area contributed by atoms with Gasteiger partial charge < -0.3 is 11.1 Å². The predicted octanol–water partition coefficient (Wildman–Crippen LogP) is 0.642. The number of terminal acetylenes is 1. The molecule has 0 saturated carbocycles. The van der Waals surface area contributed by atoms with Crippen LogP contribution in [0.1, 0.15) is 33.1 Å². The highest BCUT2D eigenvalue weighted by Crippen LogP contribution is 1.98. The van der Waals surface area contributed by atoms with Crippen molar-refractivity contribution in [3.05, 3.63) is 0 Å². The van der Waals surface area contributed by atoms with E-state index in [1.165, 1.54) is 0 Å². The van der Waals surface area contributed by atoms with E-state index in [9.17, 15) is 4.79 Å². The molecule has 0 bridgehead atoms. The van der Waals surface area contributed by atoms with Gasteiger partial charge in [0.15, 0.2) is 0 Å². The van der Waals surface area contributed by atoms with Gasteiger partial charge in [-0.1, -0.05) is 19.3 Å². The molecule has 0 heterocycles. The van der Waals surface area contributed by atoms with Crippen LogP contribution in [-0.2, 0) is 4.79 Å². The van der Waals surface area contributed by atoms with Crippen molar-refractivity contribution < 1.29 is 4.79 Å². The molecule has 0 spiro atoms. The summed E-state index contributed by atoms with van der Waals surface area (Å²) < 4.78 is 0. The normalized spacial score (nSPS) is 14.3. The molecule has 0 aromatic rings. The minimum Gasteiger partial charge on any atom is -0.343 e. The maximum absolute atomic E-state index is 11.2. The summed E-state index contributed by atoms with van der Waals surface area (Å²) in [5.74, 6) is 2.36. The van der Waals surface area contributed by atoms with Gasteiger partial charge in [-0.15, -0.1) is 6.42 Å². The maximum Gasteiger partial charge on any atom is 0.222 e. The zero-order chi connectivity index (χ0) is 10.3. The van der Waals surface area contributed by atoms with Crippen molar-refractivity contribution in [2.75, 3.05) is 0 Å². The molecular weight excluding hydrogens is 164 g/mol. The Balaban J connectivity index is 3.69. The minimum absolute atomic E-state index is 0.0463. The van der Waals surface area contributed by atoms with Crippen molar-refractivity contribution in [2.45, 2.75) is 45.2 Å². The van der Waals surface area contributed by atoms with E-state index >= 15 is 0 Å². The Morgan fingerprint density at radius 3 is 2.77 bits per heavy atom. The maximum atomic E-state index is 11.2. The molecule has 0 rings (SSSR count). The molecule has 74 valence electrons. The van der Waals surface area contributed by atoms with Gasteiger partial charge in [0.25, 0.3) is 0 Å². The van der Waals surface area contributed by atoms with E-state index in [1.54, 1.807) is 6.92 Å². The van der Waals surface area contributed by atoms with Crippen LogP contribution in [0.2, 0.25) is 0 Å². The molecule has 3 N–H and O–H groups in total. The van der Waals surface area contributed by atoms with Crippen LogP contribution in [0.3, 0.4) is 0 Å². The van der Waals surface area contributed by atoms with Crippen LogP contribution in [0, 0.1) is 12.3 Å². The largest absolute Gasteiger partial charge is 0.343 e. The Labute approximate surface area is 80.1 Å². The Hall–Kier alpha value is -1.01. The highest BCUT2D eigenvalue weighted by molar-refractivity contribution is 5.77. The minimum atomic E-state index is -0.207. The summed E-state index contributed by atoms with van der Waals surface area (Å²) in [7, 11) is 0.